The SMILES string of the molecule is Cc1cccc(N/C=C(/C#N)C(=O)N2CCCc3ccccc32)n1. The van der Waals surface area contributed by atoms with Crippen LogP contribution >= 0.6 is 0 Å². The third-order valence-electron chi connectivity index (χ3n) is 3.96. The summed E-state index contributed by atoms with van der Waals surface area (Å²) in [5.74, 6) is 0.319. The van der Waals surface area contributed by atoms with Crippen LogP contribution in [0.25, 0.3) is 0 Å². The van der Waals surface area contributed by atoms with Gasteiger partial charge in [0.15, 0.2) is 0 Å². The van der Waals surface area contributed by atoms with Crippen LogP contribution in [-0.4, -0.2) is 17.4 Å². The molecule has 3 rings (SSSR count). The van der Waals surface area contributed by atoms with Gasteiger partial charge in [0.1, 0.15) is 17.5 Å². The zero-order valence-corrected chi connectivity index (χ0v) is 13.5. The highest BCUT2D eigenvalue weighted by molar-refractivity contribution is 6.09. The number of carbonyl (C=O) groups excluding carboxylic acids is 1. The number of amides is 1. The minimum absolute atomic E-state index is 0.0648. The largest absolute Gasteiger partial charge is 0.345 e. The van der Waals surface area contributed by atoms with Crippen molar-refractivity contribution in [3.8, 4) is 6.07 Å². The van der Waals surface area contributed by atoms with Crippen LogP contribution in [0.2, 0.25) is 0 Å². The first-order valence-corrected chi connectivity index (χ1v) is 7.89. The highest BCUT2D eigenvalue weighted by Crippen LogP contribution is 2.27. The van der Waals surface area contributed by atoms with E-state index in [2.05, 4.69) is 10.3 Å². The number of pyridine rings is 1. The molecule has 0 saturated carbocycles. The number of nitriles is 1. The Kier molecular flexibility index (Phi) is 4.57. The fourth-order valence-electron chi connectivity index (χ4n) is 2.80. The van der Waals surface area contributed by atoms with Crippen LogP contribution in [0.5, 0.6) is 0 Å². The van der Waals surface area contributed by atoms with E-state index in [9.17, 15) is 10.1 Å². The predicted molar refractivity (Wildman–Crippen MR) is 93.4 cm³/mol. The van der Waals surface area contributed by atoms with Gasteiger partial charge in [0.25, 0.3) is 5.91 Å². The van der Waals surface area contributed by atoms with E-state index in [-0.39, 0.29) is 11.5 Å². The van der Waals surface area contributed by atoms with Gasteiger partial charge in [-0.25, -0.2) is 4.98 Å². The summed E-state index contributed by atoms with van der Waals surface area (Å²) in [6.07, 6.45) is 3.28. The number of benzene rings is 1. The van der Waals surface area contributed by atoms with Crippen molar-refractivity contribution < 1.29 is 4.79 Å². The van der Waals surface area contributed by atoms with Gasteiger partial charge in [0.2, 0.25) is 0 Å². The van der Waals surface area contributed by atoms with Gasteiger partial charge in [0, 0.05) is 24.1 Å². The van der Waals surface area contributed by atoms with Gasteiger partial charge < -0.3 is 10.2 Å². The maximum atomic E-state index is 12.8. The van der Waals surface area contributed by atoms with E-state index in [1.165, 1.54) is 6.20 Å². The number of fused-ring (bicyclic) bond motifs is 1. The summed E-state index contributed by atoms with van der Waals surface area (Å²) in [4.78, 5) is 18.7. The van der Waals surface area contributed by atoms with Gasteiger partial charge in [-0.2, -0.15) is 5.26 Å². The van der Waals surface area contributed by atoms with Crippen molar-refractivity contribution in [3.63, 3.8) is 0 Å². The first-order chi connectivity index (χ1) is 11.7. The Morgan fingerprint density at radius 2 is 2.12 bits per heavy atom. The lowest BCUT2D eigenvalue weighted by Gasteiger charge is -2.29. The molecular formula is C19H18N4O. The van der Waals surface area contributed by atoms with Crippen LogP contribution in [0.15, 0.2) is 54.2 Å². The fraction of sp³-hybridized carbons (Fsp3) is 0.211. The third kappa shape index (κ3) is 3.28. The molecule has 0 bridgehead atoms. The molecule has 24 heavy (non-hydrogen) atoms. The van der Waals surface area contributed by atoms with Gasteiger partial charge in [0.05, 0.1) is 0 Å². The van der Waals surface area contributed by atoms with Crippen molar-refractivity contribution >= 4 is 17.4 Å². The number of aromatic nitrogens is 1. The average Bonchev–Trinajstić information content (AvgIpc) is 2.61. The molecule has 0 unspecified atom stereocenters. The van der Waals surface area contributed by atoms with E-state index >= 15 is 0 Å². The zero-order chi connectivity index (χ0) is 16.9. The van der Waals surface area contributed by atoms with Crippen LogP contribution in [0.1, 0.15) is 17.7 Å². The summed E-state index contributed by atoms with van der Waals surface area (Å²) in [5.41, 5.74) is 2.96. The molecule has 0 radical (unpaired) electrons. The summed E-state index contributed by atoms with van der Waals surface area (Å²) in [7, 11) is 0. The van der Waals surface area contributed by atoms with Gasteiger partial charge in [-0.1, -0.05) is 24.3 Å². The van der Waals surface area contributed by atoms with Gasteiger partial charge in [-0.3, -0.25) is 4.79 Å². The molecule has 5 nitrogen and oxygen atoms in total. The molecule has 0 fully saturated rings. The molecule has 1 amide bonds. The second kappa shape index (κ2) is 6.97. The molecule has 1 aromatic carbocycles. The highest BCUT2D eigenvalue weighted by atomic mass is 16.2. The van der Waals surface area contributed by atoms with Gasteiger partial charge in [-0.05, 0) is 43.5 Å². The summed E-state index contributed by atoms with van der Waals surface area (Å²) in [5, 5.41) is 12.3. The minimum Gasteiger partial charge on any atom is -0.345 e. The maximum Gasteiger partial charge on any atom is 0.270 e. The minimum atomic E-state index is -0.287. The number of hydrogen-bond donors (Lipinski definition) is 1. The number of carbonyl (C=O) groups is 1. The van der Waals surface area contributed by atoms with Crippen molar-refractivity contribution in [1.29, 1.82) is 5.26 Å². The zero-order valence-electron chi connectivity index (χ0n) is 13.5. The van der Waals surface area contributed by atoms with Gasteiger partial charge >= 0.3 is 0 Å². The van der Waals surface area contributed by atoms with Crippen molar-refractivity contribution in [2.45, 2.75) is 19.8 Å². The van der Waals surface area contributed by atoms with Crippen LogP contribution < -0.4 is 10.2 Å². The monoisotopic (exact) mass is 318 g/mol. The summed E-state index contributed by atoms with van der Waals surface area (Å²) in [6, 6.07) is 15.4. The van der Waals surface area contributed by atoms with Crippen LogP contribution in [-0.2, 0) is 11.2 Å². The molecule has 0 aliphatic carbocycles. The maximum absolute atomic E-state index is 12.8. The number of rotatable bonds is 3. The van der Waals surface area contributed by atoms with Crippen molar-refractivity contribution in [2.75, 3.05) is 16.8 Å². The Balaban J connectivity index is 1.83. The molecule has 0 saturated heterocycles. The topological polar surface area (TPSA) is 69.0 Å². The first kappa shape index (κ1) is 15.8. The molecule has 2 aromatic rings. The lowest BCUT2D eigenvalue weighted by Crippen LogP contribution is -2.36. The Labute approximate surface area is 141 Å². The number of nitrogens with zero attached hydrogens (tertiary/aromatic N) is 3. The second-order valence-electron chi connectivity index (χ2n) is 5.67. The summed E-state index contributed by atoms with van der Waals surface area (Å²) >= 11 is 0. The number of para-hydroxylation sites is 1. The van der Waals surface area contributed by atoms with Crippen LogP contribution in [0.4, 0.5) is 11.5 Å². The lowest BCUT2D eigenvalue weighted by molar-refractivity contribution is -0.114. The molecular weight excluding hydrogens is 300 g/mol. The molecule has 120 valence electrons. The van der Waals surface area contributed by atoms with E-state index < -0.39 is 0 Å². The Bertz CT molecular complexity index is 835. The smallest absolute Gasteiger partial charge is 0.270 e. The third-order valence-corrected chi connectivity index (χ3v) is 3.96. The van der Waals surface area contributed by atoms with Crippen LogP contribution in [0.3, 0.4) is 0 Å². The number of aryl methyl sites for hydroxylation is 2. The van der Waals surface area contributed by atoms with Crippen molar-refractivity contribution in [1.82, 2.24) is 4.98 Å². The molecule has 1 aliphatic rings. The van der Waals surface area contributed by atoms with Crippen LogP contribution in [0, 0.1) is 18.3 Å². The lowest BCUT2D eigenvalue weighted by atomic mass is 10.0. The predicted octanol–water partition coefficient (Wildman–Crippen LogP) is 3.19. The van der Waals surface area contributed by atoms with E-state index in [4.69, 9.17) is 0 Å². The summed E-state index contributed by atoms with van der Waals surface area (Å²) < 4.78 is 0. The van der Waals surface area contributed by atoms with Crippen molar-refractivity contribution in [3.05, 3.63) is 65.5 Å². The first-order valence-electron chi connectivity index (χ1n) is 7.89. The number of nitrogens with one attached hydrogen (secondary N) is 1. The fourth-order valence-corrected chi connectivity index (χ4v) is 2.80. The molecule has 5 heteroatoms. The molecule has 2 heterocycles. The van der Waals surface area contributed by atoms with Gasteiger partial charge in [-0.15, -0.1) is 0 Å². The number of anilines is 2. The van der Waals surface area contributed by atoms with E-state index in [1.54, 1.807) is 11.0 Å². The molecule has 1 N–H and O–H groups in total. The summed E-state index contributed by atoms with van der Waals surface area (Å²) in [6.45, 7) is 2.51. The highest BCUT2D eigenvalue weighted by Gasteiger charge is 2.24. The Morgan fingerprint density at radius 1 is 1.29 bits per heavy atom. The Morgan fingerprint density at radius 3 is 2.92 bits per heavy atom. The standard InChI is InChI=1S/C19H18N4O/c1-14-6-4-10-18(22-14)21-13-16(12-20)19(24)23-11-5-8-15-7-2-3-9-17(15)23/h2-4,6-7,9-10,13H,5,8,11H2,1H3,(H,21,22)/b16-13-. The van der Waals surface area contributed by atoms with E-state index in [0.29, 0.717) is 12.4 Å². The van der Waals surface area contributed by atoms with E-state index in [0.717, 1.165) is 29.8 Å². The molecule has 1 aromatic heterocycles. The average molecular weight is 318 g/mol. The van der Waals surface area contributed by atoms with Crippen molar-refractivity contribution in [2.24, 2.45) is 0 Å². The second-order valence-corrected chi connectivity index (χ2v) is 5.67. The quantitative estimate of drug-likeness (QED) is 0.697. The molecule has 0 spiro atoms. The molecule has 0 atom stereocenters. The van der Waals surface area contributed by atoms with E-state index in [1.807, 2.05) is 49.4 Å². The molecule has 1 aliphatic heterocycles. The number of hydrogen-bond acceptors (Lipinski definition) is 4. The Hall–Kier alpha value is -3.13. The normalized spacial score (nSPS) is 13.8.